The van der Waals surface area contributed by atoms with Gasteiger partial charge < -0.3 is 16.0 Å². The molecule has 94 valence electrons. The molecule has 0 rings (SSSR count). The van der Waals surface area contributed by atoms with Crippen molar-refractivity contribution in [3.8, 4) is 0 Å². The summed E-state index contributed by atoms with van der Waals surface area (Å²) >= 11 is 5.03. The van der Waals surface area contributed by atoms with E-state index in [0.717, 1.165) is 6.54 Å². The predicted octanol–water partition coefficient (Wildman–Crippen LogP) is 1.02. The molecule has 0 atom stereocenters. The second-order valence-corrected chi connectivity index (χ2v) is 5.66. The van der Waals surface area contributed by atoms with Crippen molar-refractivity contribution in [3.63, 3.8) is 0 Å². The molecular weight excluding hydrogens is 222 g/mol. The Morgan fingerprint density at radius 2 is 1.81 bits per heavy atom. The van der Waals surface area contributed by atoms with Crippen LogP contribution in [0.5, 0.6) is 0 Å². The van der Waals surface area contributed by atoms with Gasteiger partial charge in [-0.15, -0.1) is 0 Å². The number of nitrogens with one attached hydrogen (secondary N) is 3. The molecular formula is C11H23N3OS. The smallest absolute Gasteiger partial charge is 0.239 e. The Balaban J connectivity index is 3.72. The van der Waals surface area contributed by atoms with Crippen molar-refractivity contribution in [1.82, 2.24) is 16.0 Å². The summed E-state index contributed by atoms with van der Waals surface area (Å²) in [7, 11) is 0. The third-order valence-corrected chi connectivity index (χ3v) is 1.88. The van der Waals surface area contributed by atoms with Gasteiger partial charge in [0.2, 0.25) is 5.91 Å². The van der Waals surface area contributed by atoms with E-state index in [2.05, 4.69) is 29.8 Å². The molecule has 3 N–H and O–H groups in total. The summed E-state index contributed by atoms with van der Waals surface area (Å²) < 4.78 is 0. The maximum absolute atomic E-state index is 11.4. The molecule has 0 aromatic heterocycles. The molecule has 1 amide bonds. The lowest BCUT2D eigenvalue weighted by atomic mass is 10.1. The summed E-state index contributed by atoms with van der Waals surface area (Å²) in [6, 6.07) is 0. The Kier molecular flexibility index (Phi) is 6.33. The fourth-order valence-electron chi connectivity index (χ4n) is 0.982. The molecule has 0 bridgehead atoms. The van der Waals surface area contributed by atoms with Crippen LogP contribution >= 0.6 is 12.2 Å². The number of thiocarbonyl (C=S) groups is 1. The number of hydrogen-bond acceptors (Lipinski definition) is 2. The quantitative estimate of drug-likeness (QED) is 0.647. The van der Waals surface area contributed by atoms with Crippen LogP contribution in [0.2, 0.25) is 0 Å². The second kappa shape index (κ2) is 6.68. The third-order valence-electron chi connectivity index (χ3n) is 1.59. The van der Waals surface area contributed by atoms with E-state index >= 15 is 0 Å². The second-order valence-electron chi connectivity index (χ2n) is 5.26. The lowest BCUT2D eigenvalue weighted by Gasteiger charge is -2.21. The van der Waals surface area contributed by atoms with Gasteiger partial charge >= 0.3 is 0 Å². The van der Waals surface area contributed by atoms with Crippen LogP contribution < -0.4 is 16.0 Å². The molecule has 0 aliphatic carbocycles. The van der Waals surface area contributed by atoms with Crippen LogP contribution in [-0.2, 0) is 4.79 Å². The van der Waals surface area contributed by atoms with Gasteiger partial charge in [-0.1, -0.05) is 13.8 Å². The van der Waals surface area contributed by atoms with Crippen molar-refractivity contribution in [1.29, 1.82) is 0 Å². The van der Waals surface area contributed by atoms with Crippen LogP contribution in [-0.4, -0.2) is 29.6 Å². The molecule has 4 nitrogen and oxygen atoms in total. The minimum Gasteiger partial charge on any atom is -0.362 e. The van der Waals surface area contributed by atoms with Gasteiger partial charge in [-0.2, -0.15) is 0 Å². The molecule has 16 heavy (non-hydrogen) atoms. The molecule has 5 heteroatoms. The minimum atomic E-state index is -0.203. The SMILES string of the molecule is CC(C)CNC(=S)NCC(=O)NC(C)(C)C. The molecule has 0 fully saturated rings. The van der Waals surface area contributed by atoms with Gasteiger partial charge in [0.1, 0.15) is 0 Å². The number of carbonyl (C=O) groups is 1. The predicted molar refractivity (Wildman–Crippen MR) is 71.3 cm³/mol. The highest BCUT2D eigenvalue weighted by molar-refractivity contribution is 7.80. The van der Waals surface area contributed by atoms with Crippen molar-refractivity contribution < 1.29 is 4.79 Å². The maximum atomic E-state index is 11.4. The van der Waals surface area contributed by atoms with E-state index in [1.807, 2.05) is 20.8 Å². The molecule has 0 saturated heterocycles. The third kappa shape index (κ3) is 9.71. The summed E-state index contributed by atoms with van der Waals surface area (Å²) in [6.45, 7) is 11.1. The number of carbonyl (C=O) groups excluding carboxylic acids is 1. The monoisotopic (exact) mass is 245 g/mol. The Labute approximate surface area is 104 Å². The first-order valence-electron chi connectivity index (χ1n) is 5.53. The van der Waals surface area contributed by atoms with E-state index in [4.69, 9.17) is 12.2 Å². The van der Waals surface area contributed by atoms with Crippen molar-refractivity contribution in [2.75, 3.05) is 13.1 Å². The van der Waals surface area contributed by atoms with Gasteiger partial charge in [0.25, 0.3) is 0 Å². The molecule has 0 aromatic rings. The van der Waals surface area contributed by atoms with Crippen LogP contribution in [0.15, 0.2) is 0 Å². The Morgan fingerprint density at radius 3 is 2.25 bits per heavy atom. The Hall–Kier alpha value is -0.840. The number of rotatable bonds is 4. The van der Waals surface area contributed by atoms with Crippen LogP contribution in [0.4, 0.5) is 0 Å². The number of hydrogen-bond donors (Lipinski definition) is 3. The fourth-order valence-corrected chi connectivity index (χ4v) is 1.14. The van der Waals surface area contributed by atoms with E-state index in [9.17, 15) is 4.79 Å². The summed E-state index contributed by atoms with van der Waals surface area (Å²) in [4.78, 5) is 11.4. The zero-order chi connectivity index (χ0) is 12.8. The van der Waals surface area contributed by atoms with E-state index in [1.54, 1.807) is 0 Å². The van der Waals surface area contributed by atoms with Gasteiger partial charge in [0, 0.05) is 12.1 Å². The number of amides is 1. The first kappa shape index (κ1) is 15.2. The topological polar surface area (TPSA) is 53.2 Å². The Morgan fingerprint density at radius 1 is 1.25 bits per heavy atom. The van der Waals surface area contributed by atoms with Gasteiger partial charge in [-0.3, -0.25) is 4.79 Å². The maximum Gasteiger partial charge on any atom is 0.239 e. The summed E-state index contributed by atoms with van der Waals surface area (Å²) in [6.07, 6.45) is 0. The summed E-state index contributed by atoms with van der Waals surface area (Å²) in [5.74, 6) is 0.476. The highest BCUT2D eigenvalue weighted by Gasteiger charge is 2.13. The molecule has 0 unspecified atom stereocenters. The fraction of sp³-hybridized carbons (Fsp3) is 0.818. The molecule has 0 saturated carbocycles. The molecule has 0 aromatic carbocycles. The zero-order valence-corrected chi connectivity index (χ0v) is 11.6. The van der Waals surface area contributed by atoms with Crippen molar-refractivity contribution in [3.05, 3.63) is 0 Å². The minimum absolute atomic E-state index is 0.0544. The summed E-state index contributed by atoms with van der Waals surface area (Å²) in [5, 5.41) is 9.29. The average Bonchev–Trinajstić information content (AvgIpc) is 2.08. The standard InChI is InChI=1S/C11H23N3OS/c1-8(2)6-12-10(16)13-7-9(15)14-11(3,4)5/h8H,6-7H2,1-5H3,(H,14,15)(H2,12,13,16). The van der Waals surface area contributed by atoms with E-state index < -0.39 is 0 Å². The van der Waals surface area contributed by atoms with Crippen LogP contribution in [0.25, 0.3) is 0 Å². The van der Waals surface area contributed by atoms with Crippen LogP contribution in [0, 0.1) is 5.92 Å². The Bertz CT molecular complexity index is 246. The molecule has 0 heterocycles. The van der Waals surface area contributed by atoms with Gasteiger partial charge in [-0.25, -0.2) is 0 Å². The highest BCUT2D eigenvalue weighted by Crippen LogP contribution is 1.97. The van der Waals surface area contributed by atoms with Crippen molar-refractivity contribution >= 4 is 23.2 Å². The van der Waals surface area contributed by atoms with Crippen molar-refractivity contribution in [2.24, 2.45) is 5.92 Å². The van der Waals surface area contributed by atoms with E-state index in [0.29, 0.717) is 11.0 Å². The molecule has 0 radical (unpaired) electrons. The normalized spacial score (nSPS) is 11.1. The lowest BCUT2D eigenvalue weighted by Crippen LogP contribution is -2.47. The van der Waals surface area contributed by atoms with Gasteiger partial charge in [-0.05, 0) is 38.9 Å². The average molecular weight is 245 g/mol. The molecule has 0 aliphatic rings. The first-order valence-corrected chi connectivity index (χ1v) is 5.94. The molecule has 0 spiro atoms. The largest absolute Gasteiger partial charge is 0.362 e. The van der Waals surface area contributed by atoms with E-state index in [1.165, 1.54) is 0 Å². The van der Waals surface area contributed by atoms with Crippen LogP contribution in [0.1, 0.15) is 34.6 Å². The van der Waals surface area contributed by atoms with Gasteiger partial charge in [0.15, 0.2) is 5.11 Å². The zero-order valence-electron chi connectivity index (χ0n) is 10.8. The van der Waals surface area contributed by atoms with Crippen molar-refractivity contribution in [2.45, 2.75) is 40.2 Å². The highest BCUT2D eigenvalue weighted by atomic mass is 32.1. The van der Waals surface area contributed by atoms with E-state index in [-0.39, 0.29) is 18.0 Å². The van der Waals surface area contributed by atoms with Gasteiger partial charge in [0.05, 0.1) is 6.54 Å². The lowest BCUT2D eigenvalue weighted by molar-refractivity contribution is -0.121. The first-order chi connectivity index (χ1) is 7.20. The van der Waals surface area contributed by atoms with Crippen LogP contribution in [0.3, 0.4) is 0 Å². The molecule has 0 aliphatic heterocycles. The summed E-state index contributed by atoms with van der Waals surface area (Å²) in [5.41, 5.74) is -0.203.